The topological polar surface area (TPSA) is 36.4 Å². The van der Waals surface area contributed by atoms with Crippen LogP contribution in [0.25, 0.3) is 0 Å². The predicted octanol–water partition coefficient (Wildman–Crippen LogP) is 3.38. The molecule has 1 aliphatic carbocycles. The van der Waals surface area contributed by atoms with Crippen molar-refractivity contribution in [3.05, 3.63) is 35.4 Å². The third kappa shape index (κ3) is 4.99. The minimum Gasteiger partial charge on any atom is -0.356 e. The minimum absolute atomic E-state index is 0.278. The zero-order valence-electron chi connectivity index (χ0n) is 12.6. The molecule has 1 aromatic rings. The summed E-state index contributed by atoms with van der Waals surface area (Å²) in [5.74, 6) is 0.459. The van der Waals surface area contributed by atoms with Crippen molar-refractivity contribution in [2.45, 2.75) is 38.6 Å². The lowest BCUT2D eigenvalue weighted by Crippen LogP contribution is -2.39. The lowest BCUT2D eigenvalue weighted by atomic mass is 10.1. The van der Waals surface area contributed by atoms with Crippen LogP contribution < -0.4 is 10.6 Å². The Morgan fingerprint density at radius 1 is 1.38 bits per heavy atom. The second-order valence-corrected chi connectivity index (χ2v) is 5.62. The van der Waals surface area contributed by atoms with Gasteiger partial charge in [0.15, 0.2) is 5.96 Å². The Labute approximate surface area is 124 Å². The van der Waals surface area contributed by atoms with Crippen LogP contribution in [-0.4, -0.2) is 19.6 Å². The van der Waals surface area contributed by atoms with Crippen molar-refractivity contribution in [1.82, 2.24) is 10.6 Å². The van der Waals surface area contributed by atoms with Crippen LogP contribution in [0.1, 0.15) is 44.2 Å². The number of guanidine groups is 1. The zero-order valence-corrected chi connectivity index (χ0v) is 12.6. The third-order valence-corrected chi connectivity index (χ3v) is 3.78. The van der Waals surface area contributed by atoms with E-state index < -0.39 is 11.6 Å². The summed E-state index contributed by atoms with van der Waals surface area (Å²) in [5, 5.41) is 6.35. The van der Waals surface area contributed by atoms with E-state index in [4.69, 9.17) is 0 Å². The highest BCUT2D eigenvalue weighted by molar-refractivity contribution is 5.80. The summed E-state index contributed by atoms with van der Waals surface area (Å²) in [5.41, 5.74) is 0.428. The van der Waals surface area contributed by atoms with Crippen molar-refractivity contribution >= 4 is 5.96 Å². The number of hydrogen-bond acceptors (Lipinski definition) is 1. The molecular formula is C16H23F2N3. The minimum atomic E-state index is -0.564. The van der Waals surface area contributed by atoms with Crippen molar-refractivity contribution < 1.29 is 8.78 Å². The maximum Gasteiger partial charge on any atom is 0.191 e. The molecule has 0 heterocycles. The molecule has 0 aromatic heterocycles. The third-order valence-electron chi connectivity index (χ3n) is 3.78. The summed E-state index contributed by atoms with van der Waals surface area (Å²) in [7, 11) is 1.68. The Morgan fingerprint density at radius 3 is 2.76 bits per heavy atom. The van der Waals surface area contributed by atoms with Gasteiger partial charge in [-0.3, -0.25) is 4.99 Å². The van der Waals surface area contributed by atoms with Gasteiger partial charge >= 0.3 is 0 Å². The molecule has 1 aliphatic rings. The van der Waals surface area contributed by atoms with E-state index in [2.05, 4.69) is 15.6 Å². The van der Waals surface area contributed by atoms with Crippen molar-refractivity contribution in [2.75, 3.05) is 13.6 Å². The zero-order chi connectivity index (χ0) is 15.2. The first-order valence-electron chi connectivity index (χ1n) is 7.52. The first-order chi connectivity index (χ1) is 10.1. The molecule has 1 atom stereocenters. The van der Waals surface area contributed by atoms with Gasteiger partial charge in [0.2, 0.25) is 0 Å². The second-order valence-electron chi connectivity index (χ2n) is 5.62. The van der Waals surface area contributed by atoms with Gasteiger partial charge in [-0.1, -0.05) is 18.9 Å². The molecule has 1 aromatic carbocycles. The summed E-state index contributed by atoms with van der Waals surface area (Å²) in [6, 6.07) is 3.35. The Kier molecular flexibility index (Phi) is 5.53. The summed E-state index contributed by atoms with van der Waals surface area (Å²) in [6.45, 7) is 2.68. The number of aliphatic imine (C=N–C) groups is 1. The van der Waals surface area contributed by atoms with Crippen molar-refractivity contribution in [2.24, 2.45) is 10.9 Å². The van der Waals surface area contributed by atoms with Crippen molar-refractivity contribution in [3.8, 4) is 0 Å². The van der Waals surface area contributed by atoms with Crippen LogP contribution in [-0.2, 0) is 0 Å². The van der Waals surface area contributed by atoms with Crippen molar-refractivity contribution in [1.29, 1.82) is 0 Å². The molecule has 0 radical (unpaired) electrons. The van der Waals surface area contributed by atoms with Gasteiger partial charge in [0.1, 0.15) is 11.6 Å². The molecule has 0 saturated heterocycles. The summed E-state index contributed by atoms with van der Waals surface area (Å²) in [4.78, 5) is 4.13. The van der Waals surface area contributed by atoms with E-state index in [1.54, 1.807) is 7.05 Å². The highest BCUT2D eigenvalue weighted by Crippen LogP contribution is 2.33. The molecule has 0 amide bonds. The maximum absolute atomic E-state index is 13.7. The summed E-state index contributed by atoms with van der Waals surface area (Å²) >= 11 is 0. The van der Waals surface area contributed by atoms with E-state index in [-0.39, 0.29) is 6.04 Å². The summed E-state index contributed by atoms with van der Waals surface area (Å²) < 4.78 is 26.6. The molecule has 1 fully saturated rings. The molecule has 116 valence electrons. The van der Waals surface area contributed by atoms with Gasteiger partial charge < -0.3 is 10.6 Å². The lowest BCUT2D eigenvalue weighted by Gasteiger charge is -2.18. The molecule has 3 nitrogen and oxygen atoms in total. The molecule has 5 heteroatoms. The van der Waals surface area contributed by atoms with Crippen LogP contribution in [0.4, 0.5) is 8.78 Å². The maximum atomic E-state index is 13.7. The van der Waals surface area contributed by atoms with Crippen LogP contribution in [0.2, 0.25) is 0 Å². The Bertz CT molecular complexity index is 498. The fourth-order valence-corrected chi connectivity index (χ4v) is 2.33. The van der Waals surface area contributed by atoms with E-state index in [1.807, 2.05) is 6.92 Å². The number of benzene rings is 1. The standard InChI is InChI=1S/C16H23F2N3/c1-11(14-8-7-13(17)10-15(14)18)21-16(19-2)20-9-3-4-12-5-6-12/h7-8,10-12H,3-6,9H2,1-2H3,(H2,19,20,21). The molecular weight excluding hydrogens is 272 g/mol. The number of nitrogens with zero attached hydrogens (tertiary/aromatic N) is 1. The Balaban J connectivity index is 1.81. The number of nitrogens with one attached hydrogen (secondary N) is 2. The Morgan fingerprint density at radius 2 is 2.14 bits per heavy atom. The molecule has 0 aliphatic heterocycles. The van der Waals surface area contributed by atoms with Crippen molar-refractivity contribution in [3.63, 3.8) is 0 Å². The van der Waals surface area contributed by atoms with E-state index in [0.29, 0.717) is 11.5 Å². The smallest absolute Gasteiger partial charge is 0.191 e. The van der Waals surface area contributed by atoms with Crippen LogP contribution in [0.5, 0.6) is 0 Å². The van der Waals surface area contributed by atoms with Gasteiger partial charge in [-0.05, 0) is 31.7 Å². The molecule has 2 N–H and O–H groups in total. The molecule has 1 unspecified atom stereocenters. The molecule has 0 bridgehead atoms. The number of hydrogen-bond donors (Lipinski definition) is 2. The van der Waals surface area contributed by atoms with Gasteiger partial charge in [-0.25, -0.2) is 8.78 Å². The first-order valence-corrected chi connectivity index (χ1v) is 7.52. The first kappa shape index (κ1) is 15.7. The second kappa shape index (κ2) is 7.38. The van der Waals surface area contributed by atoms with Crippen LogP contribution >= 0.6 is 0 Å². The average Bonchev–Trinajstić information content (AvgIpc) is 3.26. The average molecular weight is 295 g/mol. The van der Waals surface area contributed by atoms with Crippen LogP contribution in [0, 0.1) is 17.6 Å². The van der Waals surface area contributed by atoms with Gasteiger partial charge in [-0.2, -0.15) is 0 Å². The quantitative estimate of drug-likeness (QED) is 0.479. The van der Waals surface area contributed by atoms with E-state index in [0.717, 1.165) is 24.9 Å². The SMILES string of the molecule is CN=C(NCCCC1CC1)NC(C)c1ccc(F)cc1F. The number of halogens is 2. The van der Waals surface area contributed by atoms with Gasteiger partial charge in [0.25, 0.3) is 0 Å². The van der Waals surface area contributed by atoms with Gasteiger partial charge in [0.05, 0.1) is 6.04 Å². The van der Waals surface area contributed by atoms with E-state index in [1.165, 1.54) is 31.4 Å². The molecule has 0 spiro atoms. The van der Waals surface area contributed by atoms with Gasteiger partial charge in [-0.15, -0.1) is 0 Å². The predicted molar refractivity (Wildman–Crippen MR) is 81.2 cm³/mol. The molecule has 1 saturated carbocycles. The fraction of sp³-hybridized carbons (Fsp3) is 0.562. The summed E-state index contributed by atoms with van der Waals surface area (Å²) in [6.07, 6.45) is 5.11. The largest absolute Gasteiger partial charge is 0.356 e. The lowest BCUT2D eigenvalue weighted by molar-refractivity contribution is 0.550. The highest BCUT2D eigenvalue weighted by Gasteiger charge is 2.20. The van der Waals surface area contributed by atoms with Crippen LogP contribution in [0.15, 0.2) is 23.2 Å². The van der Waals surface area contributed by atoms with Crippen LogP contribution in [0.3, 0.4) is 0 Å². The fourth-order valence-electron chi connectivity index (χ4n) is 2.33. The normalized spacial score (nSPS) is 16.7. The highest BCUT2D eigenvalue weighted by atomic mass is 19.1. The van der Waals surface area contributed by atoms with E-state index >= 15 is 0 Å². The monoisotopic (exact) mass is 295 g/mol. The Hall–Kier alpha value is -1.65. The molecule has 2 rings (SSSR count). The van der Waals surface area contributed by atoms with E-state index in [9.17, 15) is 8.78 Å². The molecule has 21 heavy (non-hydrogen) atoms. The van der Waals surface area contributed by atoms with Gasteiger partial charge in [0, 0.05) is 25.2 Å². The number of rotatable bonds is 6.